The molecule has 2 saturated carbocycles. The number of sulfone groups is 1. The second-order valence-electron chi connectivity index (χ2n) is 6.52. The first kappa shape index (κ1) is 14.0. The van der Waals surface area contributed by atoms with Crippen LogP contribution in [0.25, 0.3) is 0 Å². The van der Waals surface area contributed by atoms with Gasteiger partial charge in [-0.3, -0.25) is 0 Å². The Morgan fingerprint density at radius 3 is 1.91 bits per heavy atom. The summed E-state index contributed by atoms with van der Waals surface area (Å²) in [7, 11) is -3.20. The molecule has 4 rings (SSSR count). The lowest BCUT2D eigenvalue weighted by atomic mass is 9.54. The maximum absolute atomic E-state index is 13.0. The first-order valence-corrected chi connectivity index (χ1v) is 9.58. The van der Waals surface area contributed by atoms with E-state index in [1.807, 2.05) is 24.3 Å². The Morgan fingerprint density at radius 1 is 0.773 bits per heavy atom. The van der Waals surface area contributed by atoms with Crippen LogP contribution in [0.5, 0.6) is 0 Å². The fourth-order valence-electron chi connectivity index (χ4n) is 4.57. The van der Waals surface area contributed by atoms with Crippen molar-refractivity contribution in [2.75, 3.05) is 0 Å². The van der Waals surface area contributed by atoms with E-state index >= 15 is 0 Å². The van der Waals surface area contributed by atoms with Crippen LogP contribution in [0.4, 0.5) is 0 Å². The third-order valence-corrected chi connectivity index (χ3v) is 7.80. The lowest BCUT2D eigenvalue weighted by Crippen LogP contribution is -2.56. The maximum Gasteiger partial charge on any atom is 0.181 e. The van der Waals surface area contributed by atoms with Crippen LogP contribution in [-0.4, -0.2) is 13.7 Å². The van der Waals surface area contributed by atoms with Gasteiger partial charge in [0, 0.05) is 0 Å². The molecular weight excluding hydrogens is 292 g/mol. The molecule has 0 saturated heterocycles. The van der Waals surface area contributed by atoms with E-state index in [1.54, 1.807) is 12.1 Å². The Bertz CT molecular complexity index is 741. The largest absolute Gasteiger partial charge is 0.223 e. The van der Waals surface area contributed by atoms with Gasteiger partial charge in [-0.05, 0) is 48.3 Å². The van der Waals surface area contributed by atoms with E-state index in [0.29, 0.717) is 10.8 Å². The summed E-state index contributed by atoms with van der Waals surface area (Å²) in [5.74, 6) is 0.996. The van der Waals surface area contributed by atoms with Crippen molar-refractivity contribution in [3.63, 3.8) is 0 Å². The minimum atomic E-state index is -3.20. The first-order chi connectivity index (χ1) is 10.7. The van der Waals surface area contributed by atoms with Crippen molar-refractivity contribution in [2.45, 2.75) is 35.3 Å². The molecule has 2 nitrogen and oxygen atoms in total. The maximum atomic E-state index is 13.0. The minimum Gasteiger partial charge on any atom is -0.223 e. The summed E-state index contributed by atoms with van der Waals surface area (Å²) >= 11 is 0. The van der Waals surface area contributed by atoms with E-state index in [1.165, 1.54) is 12.0 Å². The predicted molar refractivity (Wildman–Crippen MR) is 87.4 cm³/mol. The van der Waals surface area contributed by atoms with Gasteiger partial charge in [-0.1, -0.05) is 55.0 Å². The summed E-state index contributed by atoms with van der Waals surface area (Å²) in [4.78, 5) is 0.489. The van der Waals surface area contributed by atoms with Crippen LogP contribution in [0.15, 0.2) is 65.6 Å². The second-order valence-corrected chi connectivity index (χ2v) is 8.62. The van der Waals surface area contributed by atoms with Gasteiger partial charge in [-0.15, -0.1) is 0 Å². The zero-order valence-corrected chi connectivity index (χ0v) is 13.2. The third kappa shape index (κ3) is 2.03. The Kier molecular flexibility index (Phi) is 3.33. The van der Waals surface area contributed by atoms with Crippen LogP contribution in [0.1, 0.15) is 30.7 Å². The number of rotatable bonds is 3. The molecule has 0 N–H and O–H groups in total. The van der Waals surface area contributed by atoms with Gasteiger partial charge in [0.05, 0.1) is 10.1 Å². The van der Waals surface area contributed by atoms with Gasteiger partial charge in [0.15, 0.2) is 9.84 Å². The molecular formula is C19H20O2S. The molecule has 2 aromatic carbocycles. The molecule has 0 heterocycles. The van der Waals surface area contributed by atoms with Crippen LogP contribution >= 0.6 is 0 Å². The fraction of sp³-hybridized carbons (Fsp3) is 0.368. The Labute approximate surface area is 132 Å². The van der Waals surface area contributed by atoms with E-state index < -0.39 is 9.84 Å². The van der Waals surface area contributed by atoms with Crippen molar-refractivity contribution in [1.29, 1.82) is 0 Å². The molecule has 0 amide bonds. The zero-order chi connectivity index (χ0) is 15.2. The van der Waals surface area contributed by atoms with E-state index in [9.17, 15) is 8.42 Å². The number of hydrogen-bond acceptors (Lipinski definition) is 2. The molecule has 0 aliphatic heterocycles. The molecule has 3 heteroatoms. The van der Waals surface area contributed by atoms with Crippen molar-refractivity contribution in [2.24, 2.45) is 11.8 Å². The molecule has 4 atom stereocenters. The SMILES string of the molecule is O=S(=O)(c1ccccc1)C1[C@@H]2CCC[C@H]1C2c1ccccc1. The number of hydrogen-bond donors (Lipinski definition) is 0. The lowest BCUT2D eigenvalue weighted by Gasteiger charge is -2.55. The van der Waals surface area contributed by atoms with Crippen molar-refractivity contribution in [3.05, 3.63) is 66.2 Å². The molecule has 2 aliphatic rings. The van der Waals surface area contributed by atoms with E-state index in [4.69, 9.17) is 0 Å². The van der Waals surface area contributed by atoms with Gasteiger partial charge in [-0.25, -0.2) is 8.42 Å². The van der Waals surface area contributed by atoms with Crippen molar-refractivity contribution in [1.82, 2.24) is 0 Å². The summed E-state index contributed by atoms with van der Waals surface area (Å²) in [5.41, 5.74) is 1.32. The lowest BCUT2D eigenvalue weighted by molar-refractivity contribution is 0.0786. The molecule has 22 heavy (non-hydrogen) atoms. The monoisotopic (exact) mass is 312 g/mol. The highest BCUT2D eigenvalue weighted by molar-refractivity contribution is 7.92. The normalized spacial score (nSPS) is 30.5. The molecule has 2 aromatic rings. The van der Waals surface area contributed by atoms with Crippen LogP contribution in [0.3, 0.4) is 0 Å². The Hall–Kier alpha value is -1.61. The van der Waals surface area contributed by atoms with Crippen molar-refractivity contribution < 1.29 is 8.42 Å². The van der Waals surface area contributed by atoms with Gasteiger partial charge < -0.3 is 0 Å². The summed E-state index contributed by atoms with van der Waals surface area (Å²) in [6.45, 7) is 0. The summed E-state index contributed by atoms with van der Waals surface area (Å²) < 4.78 is 26.0. The predicted octanol–water partition coefficient (Wildman–Crippen LogP) is 4.04. The number of fused-ring (bicyclic) bond motifs is 2. The van der Waals surface area contributed by atoms with Crippen molar-refractivity contribution in [3.8, 4) is 0 Å². The molecule has 2 aliphatic carbocycles. The minimum absolute atomic E-state index is 0.186. The van der Waals surface area contributed by atoms with E-state index in [0.717, 1.165) is 12.8 Å². The molecule has 114 valence electrons. The third-order valence-electron chi connectivity index (χ3n) is 5.46. The van der Waals surface area contributed by atoms with Gasteiger partial charge >= 0.3 is 0 Å². The zero-order valence-electron chi connectivity index (χ0n) is 12.4. The molecule has 2 bridgehead atoms. The quantitative estimate of drug-likeness (QED) is 0.857. The highest BCUT2D eigenvalue weighted by Crippen LogP contribution is 2.59. The molecule has 2 fully saturated rings. The van der Waals surface area contributed by atoms with E-state index in [-0.39, 0.29) is 17.1 Å². The van der Waals surface area contributed by atoms with Gasteiger partial charge in [0.25, 0.3) is 0 Å². The highest BCUT2D eigenvalue weighted by Gasteiger charge is 2.58. The molecule has 2 unspecified atom stereocenters. The molecule has 0 aromatic heterocycles. The first-order valence-electron chi connectivity index (χ1n) is 8.03. The fourth-order valence-corrected chi connectivity index (χ4v) is 6.95. The van der Waals surface area contributed by atoms with Crippen LogP contribution in [0.2, 0.25) is 0 Å². The second kappa shape index (κ2) is 5.24. The highest BCUT2D eigenvalue weighted by atomic mass is 32.2. The summed E-state index contributed by atoms with van der Waals surface area (Å²) in [5, 5.41) is -0.186. The van der Waals surface area contributed by atoms with E-state index in [2.05, 4.69) is 24.3 Å². The van der Waals surface area contributed by atoms with Crippen LogP contribution in [0, 0.1) is 11.8 Å². The smallest absolute Gasteiger partial charge is 0.181 e. The van der Waals surface area contributed by atoms with Crippen LogP contribution in [-0.2, 0) is 9.84 Å². The summed E-state index contributed by atoms with van der Waals surface area (Å²) in [6.07, 6.45) is 3.24. The van der Waals surface area contributed by atoms with Gasteiger partial charge in [0.2, 0.25) is 0 Å². The standard InChI is InChI=1S/C19H20O2S/c20-22(21,15-10-5-2-6-11-15)19-16-12-7-13-17(19)18(16)14-8-3-1-4-9-14/h1-6,8-11,16-19H,7,12-13H2/t16-,17+,18?,19?. The Balaban J connectivity index is 1.68. The molecule has 0 radical (unpaired) electrons. The van der Waals surface area contributed by atoms with Gasteiger partial charge in [0.1, 0.15) is 0 Å². The number of benzene rings is 2. The van der Waals surface area contributed by atoms with Crippen LogP contribution < -0.4 is 0 Å². The average molecular weight is 312 g/mol. The van der Waals surface area contributed by atoms with Gasteiger partial charge in [-0.2, -0.15) is 0 Å². The Morgan fingerprint density at radius 2 is 1.32 bits per heavy atom. The van der Waals surface area contributed by atoms with Crippen molar-refractivity contribution >= 4 is 9.84 Å². The average Bonchev–Trinajstić information content (AvgIpc) is 2.57. The topological polar surface area (TPSA) is 34.1 Å². The molecule has 0 spiro atoms. The summed E-state index contributed by atoms with van der Waals surface area (Å²) in [6, 6.07) is 19.4.